The molecule has 0 saturated heterocycles. The fourth-order valence-electron chi connectivity index (χ4n) is 3.37. The van der Waals surface area contributed by atoms with Crippen LogP contribution in [0.5, 0.6) is 0 Å². The number of nitrogens with zero attached hydrogens (tertiary/aromatic N) is 5. The van der Waals surface area contributed by atoms with Gasteiger partial charge in [-0.15, -0.1) is 0 Å². The predicted octanol–water partition coefficient (Wildman–Crippen LogP) is 2.44. The molecular weight excluding hydrogens is 362 g/mol. The van der Waals surface area contributed by atoms with Gasteiger partial charge in [0.2, 0.25) is 0 Å². The van der Waals surface area contributed by atoms with Gasteiger partial charge in [0.25, 0.3) is 0 Å². The minimum Gasteiger partial charge on any atom is -0.309 e. The molecule has 0 N–H and O–H groups in total. The zero-order chi connectivity index (χ0) is 19.2. The molecule has 0 bridgehead atoms. The van der Waals surface area contributed by atoms with Crippen molar-refractivity contribution < 1.29 is 8.42 Å². The highest BCUT2D eigenvalue weighted by molar-refractivity contribution is 7.90. The van der Waals surface area contributed by atoms with Crippen LogP contribution in [0.4, 0.5) is 11.6 Å². The molecule has 27 heavy (non-hydrogen) atoms. The van der Waals surface area contributed by atoms with Gasteiger partial charge < -0.3 is 4.90 Å². The van der Waals surface area contributed by atoms with E-state index in [1.54, 1.807) is 24.4 Å². The Hall–Kier alpha value is -2.74. The van der Waals surface area contributed by atoms with E-state index in [1.807, 2.05) is 23.7 Å². The largest absolute Gasteiger partial charge is 0.309 e. The number of anilines is 2. The van der Waals surface area contributed by atoms with Crippen molar-refractivity contribution in [3.05, 3.63) is 59.2 Å². The summed E-state index contributed by atoms with van der Waals surface area (Å²) < 4.78 is 25.6. The molecule has 0 saturated carbocycles. The molecule has 1 aromatic carbocycles. The van der Waals surface area contributed by atoms with Crippen molar-refractivity contribution in [1.82, 2.24) is 19.7 Å². The predicted molar refractivity (Wildman–Crippen MR) is 103 cm³/mol. The molecule has 0 amide bonds. The third-order valence-corrected chi connectivity index (χ3v) is 5.95. The fourth-order valence-corrected chi connectivity index (χ4v) is 4.06. The zero-order valence-electron chi connectivity index (χ0n) is 15.5. The zero-order valence-corrected chi connectivity index (χ0v) is 16.4. The third kappa shape index (κ3) is 3.32. The molecule has 0 radical (unpaired) electrons. The first-order chi connectivity index (χ1) is 12.8. The molecular formula is C19H21N5O2S. The Kier molecular flexibility index (Phi) is 4.22. The van der Waals surface area contributed by atoms with E-state index in [2.05, 4.69) is 21.9 Å². The van der Waals surface area contributed by atoms with Crippen LogP contribution in [0, 0.1) is 13.8 Å². The van der Waals surface area contributed by atoms with Crippen LogP contribution >= 0.6 is 0 Å². The third-order valence-electron chi connectivity index (χ3n) is 4.84. The van der Waals surface area contributed by atoms with Crippen LogP contribution in [-0.2, 0) is 22.8 Å². The fraction of sp³-hybridized carbons (Fsp3) is 0.316. The van der Waals surface area contributed by atoms with Gasteiger partial charge in [0, 0.05) is 31.0 Å². The standard InChI is InChI=1S/C19H21N5O2S/c1-13-14(2)22-24-10-9-23(19(13)24)18-7-8-20-17(21-18)12-15-5-4-6-16(11-15)27(3,25)26/h4-8,11H,9-10,12H2,1-3H3. The minimum absolute atomic E-state index is 0.311. The summed E-state index contributed by atoms with van der Waals surface area (Å²) in [5, 5.41) is 4.56. The van der Waals surface area contributed by atoms with Crippen molar-refractivity contribution >= 4 is 21.5 Å². The van der Waals surface area contributed by atoms with Crippen LogP contribution in [0.3, 0.4) is 0 Å². The topological polar surface area (TPSA) is 81.0 Å². The summed E-state index contributed by atoms with van der Waals surface area (Å²) in [7, 11) is -3.23. The molecule has 7 nitrogen and oxygen atoms in total. The number of rotatable bonds is 4. The maximum Gasteiger partial charge on any atom is 0.175 e. The highest BCUT2D eigenvalue weighted by Crippen LogP contribution is 2.32. The first-order valence-corrected chi connectivity index (χ1v) is 10.6. The molecule has 140 valence electrons. The molecule has 8 heteroatoms. The lowest BCUT2D eigenvalue weighted by Crippen LogP contribution is -2.16. The van der Waals surface area contributed by atoms with Gasteiger partial charge in [-0.1, -0.05) is 12.1 Å². The van der Waals surface area contributed by atoms with Crippen molar-refractivity contribution in [3.8, 4) is 0 Å². The Balaban J connectivity index is 1.64. The number of aromatic nitrogens is 4. The van der Waals surface area contributed by atoms with Gasteiger partial charge in [0.05, 0.1) is 17.1 Å². The molecule has 2 aromatic heterocycles. The monoisotopic (exact) mass is 383 g/mol. The summed E-state index contributed by atoms with van der Waals surface area (Å²) in [6.07, 6.45) is 3.44. The van der Waals surface area contributed by atoms with E-state index in [0.29, 0.717) is 17.1 Å². The van der Waals surface area contributed by atoms with Gasteiger partial charge in [0.15, 0.2) is 9.84 Å². The molecule has 1 aliphatic rings. The molecule has 4 rings (SSSR count). The van der Waals surface area contributed by atoms with Gasteiger partial charge in [-0.05, 0) is 37.6 Å². The average molecular weight is 383 g/mol. The van der Waals surface area contributed by atoms with Crippen molar-refractivity contribution in [2.75, 3.05) is 17.7 Å². The highest BCUT2D eigenvalue weighted by atomic mass is 32.2. The smallest absolute Gasteiger partial charge is 0.175 e. The SMILES string of the molecule is Cc1nn2c(c1C)N(c1ccnc(Cc3cccc(S(C)(=O)=O)c3)n1)CC2. The van der Waals surface area contributed by atoms with Crippen molar-refractivity contribution in [2.24, 2.45) is 0 Å². The summed E-state index contributed by atoms with van der Waals surface area (Å²) in [6.45, 7) is 5.74. The number of fused-ring (bicyclic) bond motifs is 1. The molecule has 0 unspecified atom stereocenters. The molecule has 0 aliphatic carbocycles. The normalized spacial score (nSPS) is 13.8. The van der Waals surface area contributed by atoms with Gasteiger partial charge in [-0.25, -0.2) is 23.1 Å². The van der Waals surface area contributed by atoms with Gasteiger partial charge >= 0.3 is 0 Å². The summed E-state index contributed by atoms with van der Waals surface area (Å²) >= 11 is 0. The van der Waals surface area contributed by atoms with E-state index in [0.717, 1.165) is 41.5 Å². The average Bonchev–Trinajstić information content (AvgIpc) is 3.15. The Labute approximate surface area is 158 Å². The lowest BCUT2D eigenvalue weighted by Gasteiger charge is -2.17. The minimum atomic E-state index is -3.23. The van der Waals surface area contributed by atoms with Crippen molar-refractivity contribution in [1.29, 1.82) is 0 Å². The maximum atomic E-state index is 11.8. The Bertz CT molecular complexity index is 1120. The first-order valence-electron chi connectivity index (χ1n) is 8.75. The second-order valence-corrected chi connectivity index (χ2v) is 8.85. The van der Waals surface area contributed by atoms with Crippen molar-refractivity contribution in [2.45, 2.75) is 31.7 Å². The Morgan fingerprint density at radius 1 is 1.15 bits per heavy atom. The number of hydrogen-bond donors (Lipinski definition) is 0. The first kappa shape index (κ1) is 17.7. The number of hydrogen-bond acceptors (Lipinski definition) is 6. The highest BCUT2D eigenvalue weighted by Gasteiger charge is 2.26. The molecule has 0 spiro atoms. The molecule has 3 aromatic rings. The summed E-state index contributed by atoms with van der Waals surface area (Å²) in [4.78, 5) is 11.6. The molecule has 3 heterocycles. The molecule has 0 atom stereocenters. The van der Waals surface area contributed by atoms with E-state index in [4.69, 9.17) is 4.98 Å². The van der Waals surface area contributed by atoms with E-state index in [1.165, 1.54) is 6.26 Å². The van der Waals surface area contributed by atoms with Crippen LogP contribution in [0.1, 0.15) is 22.6 Å². The number of sulfone groups is 1. The van der Waals surface area contributed by atoms with Crippen LogP contribution in [-0.4, -0.2) is 41.0 Å². The van der Waals surface area contributed by atoms with Gasteiger partial charge in [-0.2, -0.15) is 5.10 Å². The summed E-state index contributed by atoms with van der Waals surface area (Å²) in [5.41, 5.74) is 3.06. The lowest BCUT2D eigenvalue weighted by atomic mass is 10.1. The Morgan fingerprint density at radius 2 is 1.96 bits per heavy atom. The lowest BCUT2D eigenvalue weighted by molar-refractivity contribution is 0.601. The maximum absolute atomic E-state index is 11.8. The van der Waals surface area contributed by atoms with E-state index >= 15 is 0 Å². The van der Waals surface area contributed by atoms with Crippen LogP contribution in [0.2, 0.25) is 0 Å². The quantitative estimate of drug-likeness (QED) is 0.688. The number of benzene rings is 1. The van der Waals surface area contributed by atoms with E-state index < -0.39 is 9.84 Å². The van der Waals surface area contributed by atoms with Gasteiger partial charge in [-0.3, -0.25) is 0 Å². The second-order valence-electron chi connectivity index (χ2n) is 6.84. The Morgan fingerprint density at radius 3 is 2.74 bits per heavy atom. The van der Waals surface area contributed by atoms with Crippen LogP contribution in [0.25, 0.3) is 0 Å². The number of aryl methyl sites for hydroxylation is 1. The molecule has 1 aliphatic heterocycles. The van der Waals surface area contributed by atoms with Crippen LogP contribution in [0.15, 0.2) is 41.4 Å². The molecule has 0 fully saturated rings. The van der Waals surface area contributed by atoms with Gasteiger partial charge in [0.1, 0.15) is 17.5 Å². The van der Waals surface area contributed by atoms with Crippen molar-refractivity contribution in [3.63, 3.8) is 0 Å². The summed E-state index contributed by atoms with van der Waals surface area (Å²) in [5.74, 6) is 2.57. The van der Waals surface area contributed by atoms with E-state index in [-0.39, 0.29) is 0 Å². The second kappa shape index (κ2) is 6.45. The van der Waals surface area contributed by atoms with Crippen LogP contribution < -0.4 is 4.90 Å². The van der Waals surface area contributed by atoms with E-state index in [9.17, 15) is 8.42 Å². The summed E-state index contributed by atoms with van der Waals surface area (Å²) in [6, 6.07) is 8.83.